The molecule has 0 fully saturated rings. The van der Waals surface area contributed by atoms with E-state index in [9.17, 15) is 18.0 Å². The molecule has 0 saturated carbocycles. The Morgan fingerprint density at radius 2 is 1.85 bits per heavy atom. The van der Waals surface area contributed by atoms with Gasteiger partial charge < -0.3 is 15.2 Å². The number of aromatic nitrogens is 2. The number of anilines is 2. The minimum Gasteiger partial charge on any atom is -0.328 e. The molecule has 0 unspecified atom stereocenters. The Morgan fingerprint density at radius 1 is 1.12 bits per heavy atom. The molecule has 2 N–H and O–H groups in total. The summed E-state index contributed by atoms with van der Waals surface area (Å²) >= 11 is 6.21. The molecule has 0 spiro atoms. The smallest absolute Gasteiger partial charge is 0.242 e. The van der Waals surface area contributed by atoms with Crippen molar-refractivity contribution in [2.75, 3.05) is 24.7 Å². The zero-order chi connectivity index (χ0) is 24.3. The van der Waals surface area contributed by atoms with Crippen LogP contribution in [0.25, 0.3) is 11.0 Å². The number of sulfonamides is 1. The highest BCUT2D eigenvalue weighted by atomic mass is 35.5. The number of rotatable bonds is 8. The van der Waals surface area contributed by atoms with Crippen molar-refractivity contribution in [3.63, 3.8) is 0 Å². The molecule has 11 heteroatoms. The molecule has 3 rings (SSSR count). The number of carbonyl (C=O) groups is 2. The fourth-order valence-corrected chi connectivity index (χ4v) is 4.56. The van der Waals surface area contributed by atoms with E-state index < -0.39 is 10.0 Å². The lowest BCUT2D eigenvalue weighted by molar-refractivity contribution is -0.116. The third kappa shape index (κ3) is 5.52. The molecule has 0 aliphatic rings. The van der Waals surface area contributed by atoms with Gasteiger partial charge in [0.05, 0.1) is 26.6 Å². The number of fused-ring (bicyclic) bond motifs is 1. The lowest BCUT2D eigenvalue weighted by atomic mass is 10.2. The van der Waals surface area contributed by atoms with Gasteiger partial charge in [-0.2, -0.15) is 0 Å². The van der Waals surface area contributed by atoms with Crippen molar-refractivity contribution in [3.8, 4) is 0 Å². The van der Waals surface area contributed by atoms with Gasteiger partial charge in [0.15, 0.2) is 0 Å². The molecule has 2 amide bonds. The van der Waals surface area contributed by atoms with Gasteiger partial charge in [-0.05, 0) is 43.3 Å². The Labute approximate surface area is 197 Å². The predicted octanol–water partition coefficient (Wildman–Crippen LogP) is 3.49. The highest BCUT2D eigenvalue weighted by Gasteiger charge is 2.20. The first-order chi connectivity index (χ1) is 15.5. The van der Waals surface area contributed by atoms with Crippen molar-refractivity contribution in [2.45, 2.75) is 38.1 Å². The first kappa shape index (κ1) is 24.7. The molecular weight excluding hydrogens is 466 g/mol. The summed E-state index contributed by atoms with van der Waals surface area (Å²) in [5.41, 5.74) is 2.35. The highest BCUT2D eigenvalue weighted by Crippen LogP contribution is 2.26. The number of imidazole rings is 1. The van der Waals surface area contributed by atoms with E-state index >= 15 is 0 Å². The Balaban J connectivity index is 1.75. The van der Waals surface area contributed by atoms with Crippen LogP contribution in [0, 0.1) is 0 Å². The minimum absolute atomic E-state index is 0.163. The molecule has 0 atom stereocenters. The van der Waals surface area contributed by atoms with Crippen LogP contribution >= 0.6 is 11.6 Å². The van der Waals surface area contributed by atoms with Crippen molar-refractivity contribution in [3.05, 3.63) is 47.2 Å². The van der Waals surface area contributed by atoms with Crippen LogP contribution in [0.1, 0.15) is 26.1 Å². The summed E-state index contributed by atoms with van der Waals surface area (Å²) in [6.07, 6.45) is 0.529. The van der Waals surface area contributed by atoms with E-state index in [1.165, 1.54) is 21.0 Å². The molecule has 0 aliphatic heterocycles. The summed E-state index contributed by atoms with van der Waals surface area (Å²) < 4.78 is 28.0. The second-order valence-corrected chi connectivity index (χ2v) is 10.2. The quantitative estimate of drug-likeness (QED) is 0.500. The monoisotopic (exact) mass is 491 g/mol. The van der Waals surface area contributed by atoms with Gasteiger partial charge in [0, 0.05) is 46.1 Å². The summed E-state index contributed by atoms with van der Waals surface area (Å²) in [5.74, 6) is 0.233. The van der Waals surface area contributed by atoms with E-state index in [1.807, 2.05) is 11.5 Å². The van der Waals surface area contributed by atoms with Gasteiger partial charge in [-0.15, -0.1) is 0 Å². The number of halogens is 1. The fourth-order valence-electron chi connectivity index (χ4n) is 3.41. The largest absolute Gasteiger partial charge is 0.328 e. The molecule has 0 bridgehead atoms. The third-order valence-corrected chi connectivity index (χ3v) is 7.16. The van der Waals surface area contributed by atoms with Crippen LogP contribution < -0.4 is 10.6 Å². The zero-order valence-electron chi connectivity index (χ0n) is 18.8. The maximum absolute atomic E-state index is 12.5. The van der Waals surface area contributed by atoms with Crippen LogP contribution in [0.2, 0.25) is 5.02 Å². The number of carbonyl (C=O) groups excluding carboxylic acids is 2. The second kappa shape index (κ2) is 9.90. The molecule has 33 heavy (non-hydrogen) atoms. The number of hydrogen-bond donors (Lipinski definition) is 2. The van der Waals surface area contributed by atoms with Crippen LogP contribution in [0.15, 0.2) is 41.3 Å². The normalized spacial score (nSPS) is 11.7. The average molecular weight is 492 g/mol. The molecule has 0 saturated heterocycles. The van der Waals surface area contributed by atoms with Gasteiger partial charge in [-0.3, -0.25) is 9.59 Å². The van der Waals surface area contributed by atoms with Crippen molar-refractivity contribution in [1.82, 2.24) is 13.9 Å². The van der Waals surface area contributed by atoms with E-state index in [-0.39, 0.29) is 23.1 Å². The van der Waals surface area contributed by atoms with E-state index in [0.29, 0.717) is 40.7 Å². The number of amides is 2. The van der Waals surface area contributed by atoms with Crippen LogP contribution in [-0.4, -0.2) is 48.2 Å². The number of hydrogen-bond acceptors (Lipinski definition) is 5. The molecule has 9 nitrogen and oxygen atoms in total. The molecular formula is C22H26ClN5O4S. The highest BCUT2D eigenvalue weighted by molar-refractivity contribution is 7.89. The molecule has 0 radical (unpaired) electrons. The molecule has 2 aromatic carbocycles. The van der Waals surface area contributed by atoms with Crippen molar-refractivity contribution in [2.24, 2.45) is 0 Å². The summed E-state index contributed by atoms with van der Waals surface area (Å²) in [6, 6.07) is 9.69. The van der Waals surface area contributed by atoms with Crippen LogP contribution in [0.5, 0.6) is 0 Å². The lowest BCUT2D eigenvalue weighted by Gasteiger charge is -2.11. The Bertz CT molecular complexity index is 1320. The van der Waals surface area contributed by atoms with Crippen molar-refractivity contribution in [1.29, 1.82) is 0 Å². The maximum atomic E-state index is 12.5. The predicted molar refractivity (Wildman–Crippen MR) is 129 cm³/mol. The van der Waals surface area contributed by atoms with E-state index in [4.69, 9.17) is 11.6 Å². The first-order valence-electron chi connectivity index (χ1n) is 10.3. The minimum atomic E-state index is -3.57. The van der Waals surface area contributed by atoms with Crippen LogP contribution in [0.3, 0.4) is 0 Å². The van der Waals surface area contributed by atoms with Crippen molar-refractivity contribution < 1.29 is 18.0 Å². The summed E-state index contributed by atoms with van der Waals surface area (Å²) in [7, 11) is -0.609. The summed E-state index contributed by atoms with van der Waals surface area (Å²) in [6.45, 7) is 3.99. The van der Waals surface area contributed by atoms with Gasteiger partial charge in [0.2, 0.25) is 21.8 Å². The molecule has 3 aromatic rings. The second-order valence-electron chi connectivity index (χ2n) is 7.63. The lowest BCUT2D eigenvalue weighted by Crippen LogP contribution is -2.22. The standard InChI is InChI=1S/C22H26ClN5O4S/c1-5-28-20-9-7-16(33(31,32)27(3)4)13-19(20)25-21(28)10-11-22(30)26-18-8-6-15(12-17(18)23)24-14(2)29/h6-9,12-13H,5,10-11H2,1-4H3,(H,24,29)(H,26,30). The molecule has 1 heterocycles. The Hall–Kier alpha value is -2.95. The topological polar surface area (TPSA) is 113 Å². The molecule has 0 aliphatic carbocycles. The van der Waals surface area contributed by atoms with Crippen molar-refractivity contribution >= 4 is 55.8 Å². The summed E-state index contributed by atoms with van der Waals surface area (Å²) in [5, 5.41) is 5.71. The van der Waals surface area contributed by atoms with Gasteiger partial charge in [-0.1, -0.05) is 11.6 Å². The Morgan fingerprint density at radius 3 is 2.45 bits per heavy atom. The molecule has 1 aromatic heterocycles. The fraction of sp³-hybridized carbons (Fsp3) is 0.318. The van der Waals surface area contributed by atoms with E-state index in [1.54, 1.807) is 36.4 Å². The SMILES string of the molecule is CCn1c(CCC(=O)Nc2ccc(NC(C)=O)cc2Cl)nc2cc(S(=O)(=O)N(C)C)ccc21. The van der Waals surface area contributed by atoms with E-state index in [0.717, 1.165) is 9.82 Å². The maximum Gasteiger partial charge on any atom is 0.242 e. The van der Waals surface area contributed by atoms with Gasteiger partial charge in [0.1, 0.15) is 5.82 Å². The summed E-state index contributed by atoms with van der Waals surface area (Å²) in [4.78, 5) is 28.4. The van der Waals surface area contributed by atoms with Gasteiger partial charge >= 0.3 is 0 Å². The van der Waals surface area contributed by atoms with Crippen LogP contribution in [-0.2, 0) is 32.6 Å². The molecule has 176 valence electrons. The Kier molecular flexibility index (Phi) is 7.41. The average Bonchev–Trinajstić information content (AvgIpc) is 3.10. The van der Waals surface area contributed by atoms with Gasteiger partial charge in [0.25, 0.3) is 0 Å². The number of nitrogens with one attached hydrogen (secondary N) is 2. The number of nitrogens with zero attached hydrogens (tertiary/aromatic N) is 3. The van der Waals surface area contributed by atoms with E-state index in [2.05, 4.69) is 15.6 Å². The number of aryl methyl sites for hydroxylation is 2. The zero-order valence-corrected chi connectivity index (χ0v) is 20.4. The van der Waals surface area contributed by atoms with Crippen LogP contribution in [0.4, 0.5) is 11.4 Å². The number of benzene rings is 2. The first-order valence-corrected chi connectivity index (χ1v) is 12.1. The van der Waals surface area contributed by atoms with Gasteiger partial charge in [-0.25, -0.2) is 17.7 Å². The third-order valence-electron chi connectivity index (χ3n) is 5.03.